The number of pyridine rings is 1. The average Bonchev–Trinajstić information content (AvgIpc) is 3.03. The molecule has 0 unspecified atom stereocenters. The fourth-order valence-electron chi connectivity index (χ4n) is 4.06. The first-order chi connectivity index (χ1) is 15.4. The van der Waals surface area contributed by atoms with E-state index in [1.165, 1.54) is 6.07 Å². The lowest BCUT2D eigenvalue weighted by Gasteiger charge is -2.18. The molecule has 8 heteroatoms. The zero-order valence-corrected chi connectivity index (χ0v) is 20.6. The summed E-state index contributed by atoms with van der Waals surface area (Å²) in [7, 11) is -3.95. The van der Waals surface area contributed by atoms with E-state index in [2.05, 4.69) is 37.6 Å². The lowest BCUT2D eigenvalue weighted by atomic mass is 9.91. The Kier molecular flexibility index (Phi) is 5.44. The lowest BCUT2D eigenvalue weighted by molar-refractivity contribution is 0.570. The fraction of sp³-hybridized carbons (Fsp3) is 0.280. The molecule has 0 fully saturated rings. The number of hydrogen-bond donors (Lipinski definition) is 2. The van der Waals surface area contributed by atoms with Gasteiger partial charge in [-0.3, -0.25) is 4.72 Å². The maximum atomic E-state index is 13.2. The van der Waals surface area contributed by atoms with Crippen LogP contribution in [-0.2, 0) is 15.4 Å². The molecule has 172 valence electrons. The molecule has 0 aliphatic rings. The van der Waals surface area contributed by atoms with E-state index in [1.54, 1.807) is 22.9 Å². The van der Waals surface area contributed by atoms with Gasteiger partial charge in [0, 0.05) is 11.1 Å². The maximum Gasteiger partial charge on any atom is 0.265 e. The molecule has 0 amide bonds. The molecule has 2 aromatic heterocycles. The van der Waals surface area contributed by atoms with Crippen molar-refractivity contribution in [2.75, 3.05) is 10.5 Å². The number of anilines is 2. The molecule has 7 nitrogen and oxygen atoms in total. The largest absolute Gasteiger partial charge is 0.398 e. The molecule has 0 radical (unpaired) electrons. The SMILES string of the molecule is Cc1cc(C)c(-n2nc(NS(=O)(=O)c3ccccc3N)c3ccc(C(C)(C)C)nc32)c(C)c1. The highest BCUT2D eigenvalue weighted by Crippen LogP contribution is 2.32. The number of nitrogen functional groups attached to an aromatic ring is 1. The molecule has 33 heavy (non-hydrogen) atoms. The second-order valence-electron chi connectivity index (χ2n) is 9.47. The Morgan fingerprint density at radius 1 is 0.970 bits per heavy atom. The topological polar surface area (TPSA) is 103 Å². The third-order valence-corrected chi connectivity index (χ3v) is 7.00. The molecule has 0 atom stereocenters. The van der Waals surface area contributed by atoms with Gasteiger partial charge in [0.05, 0.1) is 16.8 Å². The van der Waals surface area contributed by atoms with Crippen molar-refractivity contribution in [3.8, 4) is 5.69 Å². The second-order valence-corrected chi connectivity index (χ2v) is 11.1. The molecule has 0 aliphatic carbocycles. The van der Waals surface area contributed by atoms with Crippen LogP contribution in [-0.4, -0.2) is 23.2 Å². The van der Waals surface area contributed by atoms with Crippen molar-refractivity contribution < 1.29 is 8.42 Å². The van der Waals surface area contributed by atoms with Crippen LogP contribution in [0.1, 0.15) is 43.2 Å². The Hall–Kier alpha value is -3.39. The molecule has 4 rings (SSSR count). The van der Waals surface area contributed by atoms with Crippen LogP contribution in [0.15, 0.2) is 53.4 Å². The van der Waals surface area contributed by atoms with E-state index in [1.807, 2.05) is 32.9 Å². The van der Waals surface area contributed by atoms with E-state index in [4.69, 9.17) is 15.8 Å². The number of benzene rings is 2. The predicted molar refractivity (Wildman–Crippen MR) is 133 cm³/mol. The number of fused-ring (bicyclic) bond motifs is 1. The number of rotatable bonds is 4. The first kappa shape index (κ1) is 22.8. The molecule has 0 saturated carbocycles. The van der Waals surface area contributed by atoms with Crippen molar-refractivity contribution in [1.29, 1.82) is 0 Å². The van der Waals surface area contributed by atoms with Gasteiger partial charge >= 0.3 is 0 Å². The van der Waals surface area contributed by atoms with E-state index < -0.39 is 10.0 Å². The Balaban J connectivity index is 1.97. The monoisotopic (exact) mass is 463 g/mol. The minimum Gasteiger partial charge on any atom is -0.398 e. The van der Waals surface area contributed by atoms with Crippen LogP contribution >= 0.6 is 0 Å². The van der Waals surface area contributed by atoms with Gasteiger partial charge in [-0.2, -0.15) is 0 Å². The van der Waals surface area contributed by atoms with Gasteiger partial charge in [-0.05, 0) is 56.2 Å². The highest BCUT2D eigenvalue weighted by Gasteiger charge is 2.25. The molecule has 3 N–H and O–H groups in total. The van der Waals surface area contributed by atoms with Crippen molar-refractivity contribution >= 4 is 32.6 Å². The number of nitrogens with zero attached hydrogens (tertiary/aromatic N) is 3. The smallest absolute Gasteiger partial charge is 0.265 e. The van der Waals surface area contributed by atoms with Gasteiger partial charge in [0.1, 0.15) is 4.90 Å². The fourth-order valence-corrected chi connectivity index (χ4v) is 5.21. The number of nitrogens with two attached hydrogens (primary N) is 1. The quantitative estimate of drug-likeness (QED) is 0.413. The minimum absolute atomic E-state index is 0.00895. The summed E-state index contributed by atoms with van der Waals surface area (Å²) in [5.41, 5.74) is 11.5. The van der Waals surface area contributed by atoms with Crippen molar-refractivity contribution in [2.45, 2.75) is 51.9 Å². The highest BCUT2D eigenvalue weighted by atomic mass is 32.2. The van der Waals surface area contributed by atoms with Gasteiger partial charge in [-0.25, -0.2) is 18.1 Å². The van der Waals surface area contributed by atoms with Crippen LogP contribution in [0.4, 0.5) is 11.5 Å². The summed E-state index contributed by atoms with van der Waals surface area (Å²) in [5, 5.41) is 5.31. The van der Waals surface area contributed by atoms with Gasteiger partial charge in [0.15, 0.2) is 11.5 Å². The van der Waals surface area contributed by atoms with Crippen molar-refractivity contribution in [3.63, 3.8) is 0 Å². The third kappa shape index (κ3) is 4.18. The Morgan fingerprint density at radius 2 is 1.61 bits per heavy atom. The average molecular weight is 464 g/mol. The number of sulfonamides is 1. The second kappa shape index (κ2) is 7.88. The number of aryl methyl sites for hydroxylation is 3. The van der Waals surface area contributed by atoms with Crippen LogP contribution < -0.4 is 10.5 Å². The van der Waals surface area contributed by atoms with E-state index in [0.29, 0.717) is 11.0 Å². The number of para-hydroxylation sites is 1. The molecule has 0 aliphatic heterocycles. The Bertz CT molecular complexity index is 1460. The maximum absolute atomic E-state index is 13.2. The molecule has 2 aromatic carbocycles. The molecule has 0 saturated heterocycles. The van der Waals surface area contributed by atoms with Gasteiger partial charge in [-0.15, -0.1) is 5.10 Å². The van der Waals surface area contributed by atoms with Crippen molar-refractivity contribution in [2.24, 2.45) is 0 Å². The standard InChI is InChI=1S/C25H29N5O2S/c1-15-13-16(2)22(17(3)14-15)30-24-18(11-12-21(27-24)25(4,5)6)23(28-30)29-33(31,32)20-10-8-7-9-19(20)26/h7-14H,26H2,1-6H3,(H,28,29). The minimum atomic E-state index is -3.95. The summed E-state index contributed by atoms with van der Waals surface area (Å²) in [5.74, 6) is 0.209. The third-order valence-electron chi connectivity index (χ3n) is 5.59. The molecule has 2 heterocycles. The molecular weight excluding hydrogens is 434 g/mol. The van der Waals surface area contributed by atoms with Crippen molar-refractivity contribution in [1.82, 2.24) is 14.8 Å². The van der Waals surface area contributed by atoms with Gasteiger partial charge in [-0.1, -0.05) is 50.6 Å². The van der Waals surface area contributed by atoms with Gasteiger partial charge in [0.2, 0.25) is 0 Å². The van der Waals surface area contributed by atoms with Crippen LogP contribution in [0.3, 0.4) is 0 Å². The first-order valence-corrected chi connectivity index (χ1v) is 12.2. The highest BCUT2D eigenvalue weighted by molar-refractivity contribution is 7.92. The molecule has 0 bridgehead atoms. The number of aromatic nitrogens is 3. The summed E-state index contributed by atoms with van der Waals surface area (Å²) in [6.45, 7) is 12.4. The van der Waals surface area contributed by atoms with Gasteiger partial charge < -0.3 is 5.73 Å². The van der Waals surface area contributed by atoms with Crippen LogP contribution in [0.25, 0.3) is 16.7 Å². The zero-order chi connectivity index (χ0) is 24.1. The van der Waals surface area contributed by atoms with Crippen LogP contribution in [0.2, 0.25) is 0 Å². The summed E-state index contributed by atoms with van der Waals surface area (Å²) in [6.07, 6.45) is 0. The Morgan fingerprint density at radius 3 is 2.21 bits per heavy atom. The number of hydrogen-bond acceptors (Lipinski definition) is 5. The molecule has 4 aromatic rings. The normalized spacial score (nSPS) is 12.3. The van der Waals surface area contributed by atoms with E-state index in [0.717, 1.165) is 28.1 Å². The zero-order valence-electron chi connectivity index (χ0n) is 19.8. The molecule has 0 spiro atoms. The number of nitrogens with one attached hydrogen (secondary N) is 1. The van der Waals surface area contributed by atoms with E-state index >= 15 is 0 Å². The summed E-state index contributed by atoms with van der Waals surface area (Å²) < 4.78 is 30.7. The lowest BCUT2D eigenvalue weighted by Crippen LogP contribution is -2.15. The summed E-state index contributed by atoms with van der Waals surface area (Å²) in [6, 6.07) is 14.3. The Labute approximate surface area is 194 Å². The van der Waals surface area contributed by atoms with Crippen LogP contribution in [0.5, 0.6) is 0 Å². The van der Waals surface area contributed by atoms with E-state index in [9.17, 15) is 8.42 Å². The van der Waals surface area contributed by atoms with E-state index in [-0.39, 0.29) is 21.8 Å². The predicted octanol–water partition coefficient (Wildman–Crippen LogP) is 5.03. The summed E-state index contributed by atoms with van der Waals surface area (Å²) in [4.78, 5) is 4.92. The van der Waals surface area contributed by atoms with Gasteiger partial charge in [0.25, 0.3) is 10.0 Å². The first-order valence-electron chi connectivity index (χ1n) is 10.7. The van der Waals surface area contributed by atoms with Crippen LogP contribution in [0, 0.1) is 20.8 Å². The van der Waals surface area contributed by atoms with Crippen molar-refractivity contribution in [3.05, 3.63) is 70.9 Å². The summed E-state index contributed by atoms with van der Waals surface area (Å²) >= 11 is 0. The molecular formula is C25H29N5O2S.